The molecule has 160 valence electrons. The van der Waals surface area contributed by atoms with Crippen LogP contribution in [0, 0.1) is 0 Å². The topological polar surface area (TPSA) is 79.7 Å². The van der Waals surface area contributed by atoms with E-state index in [9.17, 15) is 18.0 Å². The number of sulfone groups is 1. The van der Waals surface area contributed by atoms with Gasteiger partial charge in [-0.15, -0.1) is 0 Å². The molecule has 3 heterocycles. The molecule has 0 saturated carbocycles. The summed E-state index contributed by atoms with van der Waals surface area (Å²) in [5.41, 5.74) is 1.25. The fourth-order valence-corrected chi connectivity index (χ4v) is 5.48. The number of carbonyl (C=O) groups is 1. The van der Waals surface area contributed by atoms with E-state index in [-0.39, 0.29) is 18.2 Å². The number of pyridine rings is 1. The Bertz CT molecular complexity index is 1240. The van der Waals surface area contributed by atoms with E-state index >= 15 is 0 Å². The van der Waals surface area contributed by atoms with Crippen molar-refractivity contribution in [2.75, 3.05) is 37.3 Å². The van der Waals surface area contributed by atoms with E-state index in [1.54, 1.807) is 18.0 Å². The van der Waals surface area contributed by atoms with Crippen LogP contribution in [0.15, 0.2) is 50.8 Å². The highest BCUT2D eigenvalue weighted by Gasteiger charge is 2.30. The normalized spacial score (nSPS) is 14.6. The molecule has 3 aromatic rings. The highest BCUT2D eigenvalue weighted by atomic mass is 32.2. The van der Waals surface area contributed by atoms with Gasteiger partial charge in [-0.3, -0.25) is 9.59 Å². The van der Waals surface area contributed by atoms with Crippen LogP contribution in [0.4, 0.5) is 5.69 Å². The van der Waals surface area contributed by atoms with Gasteiger partial charge in [-0.2, -0.15) is 11.3 Å². The number of rotatable bonds is 3. The molecule has 4 rings (SSSR count). The third-order valence-electron chi connectivity index (χ3n) is 5.26. The summed E-state index contributed by atoms with van der Waals surface area (Å²) in [7, 11) is -2.16. The molecule has 1 amide bonds. The van der Waals surface area contributed by atoms with E-state index in [4.69, 9.17) is 0 Å². The second-order valence-electron chi connectivity index (χ2n) is 7.12. The van der Waals surface area contributed by atoms with Gasteiger partial charge in [-0.05, 0) is 17.5 Å². The van der Waals surface area contributed by atoms with Gasteiger partial charge in [-0.1, -0.05) is 25.6 Å². The van der Waals surface area contributed by atoms with Crippen LogP contribution in [0.2, 0.25) is 0 Å². The van der Waals surface area contributed by atoms with Crippen LogP contribution >= 0.6 is 11.3 Å². The van der Waals surface area contributed by atoms with Gasteiger partial charge in [0.15, 0.2) is 14.7 Å². The molecule has 0 aliphatic carbocycles. The first-order valence-corrected chi connectivity index (χ1v) is 12.0. The molecule has 0 N–H and O–H groups in total. The highest BCUT2D eigenvalue weighted by Crippen LogP contribution is 2.32. The number of piperazine rings is 1. The molecule has 0 atom stereocenters. The minimum absolute atomic E-state index is 0. The quantitative estimate of drug-likeness (QED) is 0.617. The third kappa shape index (κ3) is 3.75. The molecule has 0 bridgehead atoms. The SMILES string of the molecule is C.Cn1c(=O)c(S(C)(=O)=O)c(N2CCN(C(=O)c3ccsc3)CC2)c2ccccc21. The molecule has 1 aliphatic rings. The van der Waals surface area contributed by atoms with Crippen molar-refractivity contribution in [1.29, 1.82) is 0 Å². The molecule has 9 heteroatoms. The van der Waals surface area contributed by atoms with Crippen LogP contribution in [0.5, 0.6) is 0 Å². The molecule has 7 nitrogen and oxygen atoms in total. The molecule has 2 aromatic heterocycles. The Morgan fingerprint density at radius 2 is 1.73 bits per heavy atom. The van der Waals surface area contributed by atoms with Gasteiger partial charge < -0.3 is 14.4 Å². The maximum absolute atomic E-state index is 12.9. The first-order chi connectivity index (χ1) is 13.8. The van der Waals surface area contributed by atoms with Crippen molar-refractivity contribution in [3.63, 3.8) is 0 Å². The van der Waals surface area contributed by atoms with Crippen LogP contribution < -0.4 is 10.5 Å². The highest BCUT2D eigenvalue weighted by molar-refractivity contribution is 7.90. The Kier molecular flexibility index (Phi) is 6.05. The number of fused-ring (bicyclic) bond motifs is 1. The van der Waals surface area contributed by atoms with Crippen molar-refractivity contribution in [2.24, 2.45) is 7.05 Å². The molecule has 0 spiro atoms. The lowest BCUT2D eigenvalue weighted by Crippen LogP contribution is -2.49. The van der Waals surface area contributed by atoms with Crippen molar-refractivity contribution < 1.29 is 13.2 Å². The minimum Gasteiger partial charge on any atom is -0.366 e. The van der Waals surface area contributed by atoms with Crippen LogP contribution in [0.3, 0.4) is 0 Å². The van der Waals surface area contributed by atoms with E-state index in [2.05, 4.69) is 0 Å². The number of anilines is 1. The number of hydrogen-bond acceptors (Lipinski definition) is 6. The second-order valence-corrected chi connectivity index (χ2v) is 9.86. The van der Waals surface area contributed by atoms with Gasteiger partial charge in [0.25, 0.3) is 11.5 Å². The average Bonchev–Trinajstić information content (AvgIpc) is 3.24. The number of thiophene rings is 1. The Hall–Kier alpha value is -2.65. The molecule has 1 saturated heterocycles. The fraction of sp³-hybridized carbons (Fsp3) is 0.333. The first-order valence-electron chi connectivity index (χ1n) is 9.17. The number of carbonyl (C=O) groups excluding carboxylic acids is 1. The van der Waals surface area contributed by atoms with E-state index in [0.717, 1.165) is 6.26 Å². The molecule has 0 radical (unpaired) electrons. The molecule has 1 aliphatic heterocycles. The van der Waals surface area contributed by atoms with Crippen molar-refractivity contribution in [2.45, 2.75) is 12.3 Å². The van der Waals surface area contributed by atoms with E-state index in [0.29, 0.717) is 48.3 Å². The zero-order chi connectivity index (χ0) is 20.8. The Balaban J connectivity index is 0.00000256. The smallest absolute Gasteiger partial charge is 0.271 e. The number of para-hydroxylation sites is 1. The van der Waals surface area contributed by atoms with Crippen molar-refractivity contribution in [3.05, 3.63) is 57.0 Å². The number of nitrogens with zero attached hydrogens (tertiary/aromatic N) is 3. The van der Waals surface area contributed by atoms with Gasteiger partial charge in [0.1, 0.15) is 0 Å². The predicted molar refractivity (Wildman–Crippen MR) is 121 cm³/mol. The van der Waals surface area contributed by atoms with E-state index < -0.39 is 15.4 Å². The monoisotopic (exact) mass is 447 g/mol. The predicted octanol–water partition coefficient (Wildman–Crippen LogP) is 2.60. The minimum atomic E-state index is -3.75. The number of hydrogen-bond donors (Lipinski definition) is 0. The zero-order valence-electron chi connectivity index (χ0n) is 16.2. The summed E-state index contributed by atoms with van der Waals surface area (Å²) in [6.07, 6.45) is 1.07. The number of aryl methyl sites for hydroxylation is 1. The van der Waals surface area contributed by atoms with Gasteiger partial charge in [-0.25, -0.2) is 8.42 Å². The fourth-order valence-electron chi connectivity index (χ4n) is 3.80. The van der Waals surface area contributed by atoms with Gasteiger partial charge in [0.2, 0.25) is 0 Å². The zero-order valence-corrected chi connectivity index (χ0v) is 17.8. The molecule has 1 fully saturated rings. The molecular formula is C21H25N3O4S2. The van der Waals surface area contributed by atoms with E-state index in [1.807, 2.05) is 39.9 Å². The van der Waals surface area contributed by atoms with Crippen LogP contribution in [-0.2, 0) is 16.9 Å². The summed E-state index contributed by atoms with van der Waals surface area (Å²) < 4.78 is 26.5. The number of amides is 1. The standard InChI is InChI=1S/C20H21N3O4S2.CH4/c1-21-16-6-4-3-5-15(16)17(18(20(21)25)29(2,26)27)22-8-10-23(11-9-22)19(24)14-7-12-28-13-14;/h3-7,12-13H,8-11H2,1-2H3;1H4. The molecular weight excluding hydrogens is 422 g/mol. The maximum atomic E-state index is 12.9. The van der Waals surface area contributed by atoms with Crippen molar-refractivity contribution >= 4 is 43.7 Å². The first kappa shape index (κ1) is 22.0. The second kappa shape index (κ2) is 8.23. The van der Waals surface area contributed by atoms with Crippen LogP contribution in [0.1, 0.15) is 17.8 Å². The molecule has 30 heavy (non-hydrogen) atoms. The number of benzene rings is 1. The Morgan fingerprint density at radius 3 is 2.33 bits per heavy atom. The van der Waals surface area contributed by atoms with E-state index in [1.165, 1.54) is 15.9 Å². The molecule has 1 aromatic carbocycles. The lowest BCUT2D eigenvalue weighted by molar-refractivity contribution is 0.0747. The van der Waals surface area contributed by atoms with Crippen LogP contribution in [-0.4, -0.2) is 56.2 Å². The van der Waals surface area contributed by atoms with Gasteiger partial charge in [0, 0.05) is 50.2 Å². The third-order valence-corrected chi connectivity index (χ3v) is 7.05. The summed E-state index contributed by atoms with van der Waals surface area (Å²) >= 11 is 1.48. The molecule has 0 unspecified atom stereocenters. The lowest BCUT2D eigenvalue weighted by Gasteiger charge is -2.37. The van der Waals surface area contributed by atoms with Gasteiger partial charge in [0.05, 0.1) is 16.8 Å². The summed E-state index contributed by atoms with van der Waals surface area (Å²) in [6, 6.07) is 9.10. The van der Waals surface area contributed by atoms with Crippen molar-refractivity contribution in [1.82, 2.24) is 9.47 Å². The largest absolute Gasteiger partial charge is 0.366 e. The summed E-state index contributed by atoms with van der Waals surface area (Å²) in [5.74, 6) is -0.0249. The Morgan fingerprint density at radius 1 is 1.07 bits per heavy atom. The van der Waals surface area contributed by atoms with Crippen LogP contribution in [0.25, 0.3) is 10.9 Å². The Labute approximate surface area is 180 Å². The number of aromatic nitrogens is 1. The average molecular weight is 448 g/mol. The summed E-state index contributed by atoms with van der Waals surface area (Å²) in [4.78, 5) is 29.0. The van der Waals surface area contributed by atoms with Gasteiger partial charge >= 0.3 is 0 Å². The van der Waals surface area contributed by atoms with Crippen molar-refractivity contribution in [3.8, 4) is 0 Å². The maximum Gasteiger partial charge on any atom is 0.271 e. The lowest BCUT2D eigenvalue weighted by atomic mass is 10.1. The summed E-state index contributed by atoms with van der Waals surface area (Å²) in [5, 5.41) is 4.41. The summed E-state index contributed by atoms with van der Waals surface area (Å²) in [6.45, 7) is 1.83.